The third kappa shape index (κ3) is 4.29. The van der Waals surface area contributed by atoms with E-state index >= 15 is 0 Å². The minimum Gasteiger partial charge on any atom is -0.397 e. The van der Waals surface area contributed by atoms with Gasteiger partial charge in [0.2, 0.25) is 10.0 Å². The van der Waals surface area contributed by atoms with E-state index in [0.29, 0.717) is 11.4 Å². The van der Waals surface area contributed by atoms with Crippen molar-refractivity contribution in [3.63, 3.8) is 0 Å². The van der Waals surface area contributed by atoms with Gasteiger partial charge in [0.05, 0.1) is 16.3 Å². The zero-order chi connectivity index (χ0) is 14.5. The zero-order valence-electron chi connectivity index (χ0n) is 11.5. The number of sulfonamides is 1. The highest BCUT2D eigenvalue weighted by molar-refractivity contribution is 7.98. The van der Waals surface area contributed by atoms with E-state index in [1.165, 1.54) is 24.5 Å². The number of nitrogens with one attached hydrogen (secondary N) is 1. The van der Waals surface area contributed by atoms with Crippen LogP contribution in [0, 0.1) is 0 Å². The van der Waals surface area contributed by atoms with Crippen LogP contribution in [0.5, 0.6) is 0 Å². The van der Waals surface area contributed by atoms with Crippen LogP contribution in [0.15, 0.2) is 23.1 Å². The summed E-state index contributed by atoms with van der Waals surface area (Å²) in [7, 11) is -0.395. The summed E-state index contributed by atoms with van der Waals surface area (Å²) in [6.07, 6.45) is 3.06. The average Bonchev–Trinajstić information content (AvgIpc) is 2.36. The lowest BCUT2D eigenvalue weighted by Crippen LogP contribution is -2.22. The molecular formula is C12H21N3O2S2. The molecule has 0 aliphatic heterocycles. The Morgan fingerprint density at radius 2 is 2.05 bits per heavy atom. The molecule has 0 saturated carbocycles. The number of rotatable bonds is 7. The van der Waals surface area contributed by atoms with Crippen LogP contribution >= 0.6 is 11.8 Å². The molecule has 0 bridgehead atoms. The van der Waals surface area contributed by atoms with E-state index in [2.05, 4.69) is 11.6 Å². The number of anilines is 2. The summed E-state index contributed by atoms with van der Waals surface area (Å²) in [5.74, 6) is 1.06. The molecule has 5 nitrogen and oxygen atoms in total. The molecule has 1 rings (SSSR count). The molecule has 0 unspecified atom stereocenters. The molecule has 3 N–H and O–H groups in total. The van der Waals surface area contributed by atoms with Gasteiger partial charge in [0.1, 0.15) is 0 Å². The molecule has 0 heterocycles. The summed E-state index contributed by atoms with van der Waals surface area (Å²) >= 11 is 1.78. The summed E-state index contributed by atoms with van der Waals surface area (Å²) in [5, 5.41) is 3.18. The van der Waals surface area contributed by atoms with Gasteiger partial charge in [-0.05, 0) is 36.6 Å². The third-order valence-electron chi connectivity index (χ3n) is 2.64. The first-order chi connectivity index (χ1) is 8.89. The van der Waals surface area contributed by atoms with Gasteiger partial charge >= 0.3 is 0 Å². The van der Waals surface area contributed by atoms with Crippen molar-refractivity contribution in [3.8, 4) is 0 Å². The summed E-state index contributed by atoms with van der Waals surface area (Å²) in [4.78, 5) is 0.249. The first kappa shape index (κ1) is 16.1. The van der Waals surface area contributed by atoms with Gasteiger partial charge in [-0.2, -0.15) is 11.8 Å². The molecular weight excluding hydrogens is 282 g/mol. The molecule has 0 radical (unpaired) electrons. The van der Waals surface area contributed by atoms with Gasteiger partial charge in [-0.15, -0.1) is 0 Å². The lowest BCUT2D eigenvalue weighted by atomic mass is 10.2. The van der Waals surface area contributed by atoms with Crippen LogP contribution in [0.3, 0.4) is 0 Å². The number of benzene rings is 1. The van der Waals surface area contributed by atoms with Gasteiger partial charge in [-0.25, -0.2) is 12.7 Å². The monoisotopic (exact) mass is 303 g/mol. The Balaban J connectivity index is 2.89. The maximum Gasteiger partial charge on any atom is 0.242 e. The Bertz CT molecular complexity index is 516. The van der Waals surface area contributed by atoms with Gasteiger partial charge in [0, 0.05) is 20.6 Å². The Morgan fingerprint density at radius 3 is 2.63 bits per heavy atom. The van der Waals surface area contributed by atoms with Crippen molar-refractivity contribution in [1.29, 1.82) is 0 Å². The minimum atomic E-state index is -3.42. The number of nitrogen functional groups attached to an aromatic ring is 1. The van der Waals surface area contributed by atoms with Gasteiger partial charge in [-0.3, -0.25) is 0 Å². The lowest BCUT2D eigenvalue weighted by molar-refractivity contribution is 0.521. The average molecular weight is 303 g/mol. The van der Waals surface area contributed by atoms with Crippen LogP contribution in [0.25, 0.3) is 0 Å². The van der Waals surface area contributed by atoms with Crippen LogP contribution < -0.4 is 11.1 Å². The lowest BCUT2D eigenvalue weighted by Gasteiger charge is -2.14. The van der Waals surface area contributed by atoms with E-state index in [1.807, 2.05) is 0 Å². The van der Waals surface area contributed by atoms with E-state index < -0.39 is 10.0 Å². The van der Waals surface area contributed by atoms with Crippen molar-refractivity contribution < 1.29 is 8.42 Å². The molecule has 0 amide bonds. The van der Waals surface area contributed by atoms with Crippen LogP contribution in [0.2, 0.25) is 0 Å². The summed E-state index contributed by atoms with van der Waals surface area (Å²) in [6.45, 7) is 0.774. The van der Waals surface area contributed by atoms with E-state index in [1.54, 1.807) is 23.9 Å². The number of nitrogens with zero attached hydrogens (tertiary/aromatic N) is 1. The second-order valence-electron chi connectivity index (χ2n) is 4.31. The largest absolute Gasteiger partial charge is 0.397 e. The van der Waals surface area contributed by atoms with E-state index in [-0.39, 0.29) is 4.90 Å². The molecule has 1 aromatic carbocycles. The van der Waals surface area contributed by atoms with Gasteiger partial charge in [0.15, 0.2) is 0 Å². The second kappa shape index (κ2) is 7.02. The Kier molecular flexibility index (Phi) is 5.96. The molecule has 0 aromatic heterocycles. The van der Waals surface area contributed by atoms with Crippen LogP contribution in [0.1, 0.15) is 6.42 Å². The van der Waals surface area contributed by atoms with Crippen LogP contribution in [-0.4, -0.2) is 45.4 Å². The van der Waals surface area contributed by atoms with Crippen molar-refractivity contribution in [3.05, 3.63) is 18.2 Å². The van der Waals surface area contributed by atoms with Gasteiger partial charge in [0.25, 0.3) is 0 Å². The Labute approximate surface area is 119 Å². The quantitative estimate of drug-likeness (QED) is 0.592. The maximum atomic E-state index is 12.0. The summed E-state index contributed by atoms with van der Waals surface area (Å²) in [5.41, 5.74) is 7.08. The third-order valence-corrected chi connectivity index (χ3v) is 5.15. The van der Waals surface area contributed by atoms with Crippen molar-refractivity contribution >= 4 is 33.2 Å². The molecule has 0 aliphatic rings. The van der Waals surface area contributed by atoms with Crippen molar-refractivity contribution in [2.24, 2.45) is 0 Å². The standard InChI is InChI=1S/C12H21N3O2S2/c1-15(2)19(16,17)10-5-6-11(13)12(9-10)14-7-4-8-18-3/h5-6,9,14H,4,7-8,13H2,1-3H3. The highest BCUT2D eigenvalue weighted by Gasteiger charge is 2.18. The Hall–Kier alpha value is -0.920. The van der Waals surface area contributed by atoms with E-state index in [4.69, 9.17) is 5.73 Å². The maximum absolute atomic E-state index is 12.0. The SMILES string of the molecule is CSCCCNc1cc(S(=O)(=O)N(C)C)ccc1N. The van der Waals surface area contributed by atoms with Gasteiger partial charge in [-0.1, -0.05) is 0 Å². The summed E-state index contributed by atoms with van der Waals surface area (Å²) < 4.78 is 25.2. The van der Waals surface area contributed by atoms with E-state index in [0.717, 1.165) is 18.7 Å². The molecule has 1 aromatic rings. The Morgan fingerprint density at radius 1 is 1.37 bits per heavy atom. The zero-order valence-corrected chi connectivity index (χ0v) is 13.1. The number of hydrogen-bond acceptors (Lipinski definition) is 5. The number of hydrogen-bond donors (Lipinski definition) is 2. The molecule has 0 aliphatic carbocycles. The molecule has 7 heteroatoms. The number of thioether (sulfide) groups is 1. The van der Waals surface area contributed by atoms with E-state index in [9.17, 15) is 8.42 Å². The van der Waals surface area contributed by atoms with Crippen molar-refractivity contribution in [1.82, 2.24) is 4.31 Å². The fourth-order valence-corrected chi connectivity index (χ4v) is 2.86. The molecule has 0 atom stereocenters. The second-order valence-corrected chi connectivity index (χ2v) is 7.45. The predicted molar refractivity (Wildman–Crippen MR) is 83.2 cm³/mol. The highest BCUT2D eigenvalue weighted by atomic mass is 32.2. The number of nitrogens with two attached hydrogens (primary N) is 1. The fraction of sp³-hybridized carbons (Fsp3) is 0.500. The topological polar surface area (TPSA) is 75.4 Å². The first-order valence-electron chi connectivity index (χ1n) is 5.94. The fourth-order valence-electron chi connectivity index (χ4n) is 1.50. The minimum absolute atomic E-state index is 0.249. The molecule has 19 heavy (non-hydrogen) atoms. The van der Waals surface area contributed by atoms with Crippen LogP contribution in [0.4, 0.5) is 11.4 Å². The predicted octanol–water partition coefficient (Wildman–Crippen LogP) is 1.68. The first-order valence-corrected chi connectivity index (χ1v) is 8.78. The normalized spacial score (nSPS) is 11.8. The molecule has 0 spiro atoms. The smallest absolute Gasteiger partial charge is 0.242 e. The van der Waals surface area contributed by atoms with Crippen molar-refractivity contribution in [2.75, 3.05) is 43.7 Å². The van der Waals surface area contributed by atoms with Crippen molar-refractivity contribution in [2.45, 2.75) is 11.3 Å². The molecule has 0 fully saturated rings. The summed E-state index contributed by atoms with van der Waals surface area (Å²) in [6, 6.07) is 4.73. The molecule has 0 saturated heterocycles. The van der Waals surface area contributed by atoms with Crippen LogP contribution in [-0.2, 0) is 10.0 Å². The highest BCUT2D eigenvalue weighted by Crippen LogP contribution is 2.24. The van der Waals surface area contributed by atoms with Gasteiger partial charge < -0.3 is 11.1 Å². The molecule has 108 valence electrons.